The molecule has 110 valence electrons. The van der Waals surface area contributed by atoms with Gasteiger partial charge < -0.3 is 9.47 Å². The minimum atomic E-state index is -0.195. The monoisotopic (exact) mass is 268 g/mol. The summed E-state index contributed by atoms with van der Waals surface area (Å²) in [7, 11) is 0. The lowest BCUT2D eigenvalue weighted by molar-refractivity contribution is -0.0985. The summed E-state index contributed by atoms with van der Waals surface area (Å²) in [6.45, 7) is 5.89. The predicted molar refractivity (Wildman–Crippen MR) is 76.4 cm³/mol. The molecule has 1 fully saturated rings. The van der Waals surface area contributed by atoms with Gasteiger partial charge in [0.1, 0.15) is 11.8 Å². The van der Waals surface area contributed by atoms with E-state index in [0.717, 1.165) is 50.6 Å². The van der Waals surface area contributed by atoms with Crippen LogP contribution in [-0.4, -0.2) is 24.9 Å². The second kappa shape index (κ2) is 6.73. The van der Waals surface area contributed by atoms with Crippen molar-refractivity contribution in [3.63, 3.8) is 0 Å². The van der Waals surface area contributed by atoms with Gasteiger partial charge in [-0.2, -0.15) is 0 Å². The summed E-state index contributed by atoms with van der Waals surface area (Å²) >= 11 is 0. The van der Waals surface area contributed by atoms with Crippen molar-refractivity contribution in [3.8, 4) is 0 Å². The Balaban J connectivity index is 2.17. The minimum Gasteiger partial charge on any atom is -0.496 e. The summed E-state index contributed by atoms with van der Waals surface area (Å²) < 4.78 is 12.0. The second-order valence-corrected chi connectivity index (χ2v) is 5.88. The highest BCUT2D eigenvalue weighted by molar-refractivity contribution is 5.14. The number of nitrogens with one attached hydrogen (secondary N) is 1. The molecule has 0 aromatic heterocycles. The molecular formula is C15H28N2O2. The molecule has 0 radical (unpaired) electrons. The molecule has 0 aromatic carbocycles. The number of rotatable bonds is 5. The van der Waals surface area contributed by atoms with Crippen molar-refractivity contribution >= 4 is 0 Å². The average Bonchev–Trinajstić information content (AvgIpc) is 2.44. The predicted octanol–water partition coefficient (Wildman–Crippen LogP) is 2.50. The zero-order valence-electron chi connectivity index (χ0n) is 12.3. The van der Waals surface area contributed by atoms with Gasteiger partial charge in [0.2, 0.25) is 0 Å². The Labute approximate surface area is 116 Å². The third-order valence-corrected chi connectivity index (χ3v) is 4.49. The zero-order valence-corrected chi connectivity index (χ0v) is 12.3. The molecule has 1 atom stereocenters. The van der Waals surface area contributed by atoms with Gasteiger partial charge in [0.15, 0.2) is 0 Å². The van der Waals surface area contributed by atoms with Crippen LogP contribution in [0.25, 0.3) is 0 Å². The van der Waals surface area contributed by atoms with E-state index in [1.165, 1.54) is 12.8 Å². The smallest absolute Gasteiger partial charge is 0.113 e. The summed E-state index contributed by atoms with van der Waals surface area (Å²) in [5, 5.41) is 0. The quantitative estimate of drug-likeness (QED) is 0.594. The third-order valence-electron chi connectivity index (χ3n) is 4.49. The summed E-state index contributed by atoms with van der Waals surface area (Å²) in [6.07, 6.45) is 8.85. The zero-order chi connectivity index (χ0) is 13.7. The van der Waals surface area contributed by atoms with E-state index in [4.69, 9.17) is 15.3 Å². The van der Waals surface area contributed by atoms with Gasteiger partial charge >= 0.3 is 0 Å². The highest BCUT2D eigenvalue weighted by atomic mass is 16.5. The van der Waals surface area contributed by atoms with Crippen molar-refractivity contribution < 1.29 is 9.47 Å². The van der Waals surface area contributed by atoms with Crippen molar-refractivity contribution in [2.45, 2.75) is 64.0 Å². The van der Waals surface area contributed by atoms with E-state index in [2.05, 4.69) is 25.3 Å². The summed E-state index contributed by atoms with van der Waals surface area (Å²) in [6, 6.07) is -0.0137. The van der Waals surface area contributed by atoms with Gasteiger partial charge in [-0.25, -0.2) is 5.43 Å². The van der Waals surface area contributed by atoms with E-state index >= 15 is 0 Å². The molecule has 1 aliphatic heterocycles. The summed E-state index contributed by atoms with van der Waals surface area (Å²) in [4.78, 5) is 0. The molecule has 0 bridgehead atoms. The van der Waals surface area contributed by atoms with Crippen LogP contribution in [0.1, 0.15) is 52.4 Å². The third kappa shape index (κ3) is 3.30. The Morgan fingerprint density at radius 1 is 1.53 bits per heavy atom. The number of nitrogens with two attached hydrogens (primary N) is 1. The van der Waals surface area contributed by atoms with Crippen molar-refractivity contribution in [3.05, 3.63) is 11.8 Å². The average molecular weight is 268 g/mol. The standard InChI is InChI=1S/C15H28N2O2/c1-3-19-15(9-7-12(2)8-10-15)14(17-16)13-6-4-5-11-18-13/h6,12,14,17H,3-5,7-11,16H2,1-2H3. The van der Waals surface area contributed by atoms with Crippen LogP contribution >= 0.6 is 0 Å². The maximum absolute atomic E-state index is 6.16. The fourth-order valence-corrected chi connectivity index (χ4v) is 3.33. The van der Waals surface area contributed by atoms with E-state index < -0.39 is 0 Å². The fraction of sp³-hybridized carbons (Fsp3) is 0.867. The number of allylic oxidation sites excluding steroid dienone is 1. The fourth-order valence-electron chi connectivity index (χ4n) is 3.33. The maximum Gasteiger partial charge on any atom is 0.113 e. The first-order valence-corrected chi connectivity index (χ1v) is 7.65. The molecule has 0 saturated heterocycles. The first kappa shape index (κ1) is 14.8. The van der Waals surface area contributed by atoms with E-state index in [0.29, 0.717) is 0 Å². The van der Waals surface area contributed by atoms with Gasteiger partial charge in [-0.15, -0.1) is 0 Å². The first-order chi connectivity index (χ1) is 9.22. The van der Waals surface area contributed by atoms with Crippen LogP contribution in [-0.2, 0) is 9.47 Å². The van der Waals surface area contributed by atoms with Crippen molar-refractivity contribution in [1.29, 1.82) is 0 Å². The van der Waals surface area contributed by atoms with Crippen LogP contribution in [0.2, 0.25) is 0 Å². The van der Waals surface area contributed by atoms with Crippen molar-refractivity contribution in [1.82, 2.24) is 5.43 Å². The van der Waals surface area contributed by atoms with Gasteiger partial charge in [0.25, 0.3) is 0 Å². The Hall–Kier alpha value is -0.580. The van der Waals surface area contributed by atoms with Gasteiger partial charge in [-0.05, 0) is 57.4 Å². The largest absolute Gasteiger partial charge is 0.496 e. The number of ether oxygens (including phenoxy) is 2. The molecule has 1 saturated carbocycles. The molecule has 4 heteroatoms. The molecule has 1 unspecified atom stereocenters. The van der Waals surface area contributed by atoms with Crippen LogP contribution in [0, 0.1) is 5.92 Å². The Morgan fingerprint density at radius 3 is 2.79 bits per heavy atom. The van der Waals surface area contributed by atoms with E-state index in [1.54, 1.807) is 0 Å². The van der Waals surface area contributed by atoms with E-state index in [9.17, 15) is 0 Å². The lowest BCUT2D eigenvalue weighted by Gasteiger charge is -2.45. The molecular weight excluding hydrogens is 240 g/mol. The normalized spacial score (nSPS) is 33.4. The minimum absolute atomic E-state index is 0.0137. The van der Waals surface area contributed by atoms with Crippen molar-refractivity contribution in [2.24, 2.45) is 11.8 Å². The number of hydrazine groups is 1. The molecule has 0 amide bonds. The highest BCUT2D eigenvalue weighted by Gasteiger charge is 2.44. The lowest BCUT2D eigenvalue weighted by Crippen LogP contribution is -2.57. The van der Waals surface area contributed by atoms with Gasteiger partial charge in [0, 0.05) is 6.61 Å². The molecule has 1 heterocycles. The van der Waals surface area contributed by atoms with Crippen molar-refractivity contribution in [2.75, 3.05) is 13.2 Å². The van der Waals surface area contributed by atoms with Crippen LogP contribution in [0.5, 0.6) is 0 Å². The van der Waals surface area contributed by atoms with E-state index in [1.807, 2.05) is 0 Å². The Bertz CT molecular complexity index is 309. The molecule has 1 aliphatic carbocycles. The van der Waals surface area contributed by atoms with Gasteiger partial charge in [-0.3, -0.25) is 5.84 Å². The maximum atomic E-state index is 6.16. The lowest BCUT2D eigenvalue weighted by atomic mass is 9.74. The Morgan fingerprint density at radius 2 is 2.26 bits per heavy atom. The molecule has 2 aliphatic rings. The molecule has 2 rings (SSSR count). The first-order valence-electron chi connectivity index (χ1n) is 7.65. The Kier molecular flexibility index (Phi) is 5.25. The number of hydrogen-bond acceptors (Lipinski definition) is 4. The molecule has 4 nitrogen and oxygen atoms in total. The van der Waals surface area contributed by atoms with Gasteiger partial charge in [0.05, 0.1) is 12.2 Å². The summed E-state index contributed by atoms with van der Waals surface area (Å²) in [5.41, 5.74) is 2.77. The molecule has 0 spiro atoms. The summed E-state index contributed by atoms with van der Waals surface area (Å²) in [5.74, 6) is 7.60. The van der Waals surface area contributed by atoms with Crippen LogP contribution in [0.4, 0.5) is 0 Å². The van der Waals surface area contributed by atoms with Crippen LogP contribution < -0.4 is 11.3 Å². The van der Waals surface area contributed by atoms with Crippen LogP contribution in [0.3, 0.4) is 0 Å². The van der Waals surface area contributed by atoms with Gasteiger partial charge in [-0.1, -0.05) is 6.92 Å². The molecule has 3 N–H and O–H groups in total. The molecule has 19 heavy (non-hydrogen) atoms. The molecule has 0 aromatic rings. The SMILES string of the molecule is CCOC1(C(NN)C2=CCCCO2)CCC(C)CC1. The topological polar surface area (TPSA) is 56.5 Å². The second-order valence-electron chi connectivity index (χ2n) is 5.88. The number of hydrogen-bond donors (Lipinski definition) is 2. The van der Waals surface area contributed by atoms with Crippen LogP contribution in [0.15, 0.2) is 11.8 Å². The highest BCUT2D eigenvalue weighted by Crippen LogP contribution is 2.39. The van der Waals surface area contributed by atoms with E-state index in [-0.39, 0.29) is 11.6 Å².